The lowest BCUT2D eigenvalue weighted by atomic mass is 9.75. The number of fused-ring (bicyclic) bond motifs is 5. The molecule has 3 saturated carbocycles. The molecule has 0 aliphatic heterocycles. The first kappa shape index (κ1) is 24.4. The van der Waals surface area contributed by atoms with Crippen LogP contribution in [0, 0.1) is 46.8 Å². The van der Waals surface area contributed by atoms with Gasteiger partial charge in [-0.25, -0.2) is 0 Å². The molecule has 0 aromatic carbocycles. The minimum atomic E-state index is 0.308. The largest absolute Gasteiger partial charge is 0.179 e. The third kappa shape index (κ3) is 5.83. The van der Waals surface area contributed by atoms with Crippen molar-refractivity contribution in [2.75, 3.05) is 5.75 Å². The zero-order valence-corrected chi connectivity index (χ0v) is 20.9. The highest BCUT2D eigenvalue weighted by Gasteiger charge is 2.54. The number of allylic oxidation sites excluding steroid dienone is 1. The van der Waals surface area contributed by atoms with E-state index in [1.807, 2.05) is 13.8 Å². The van der Waals surface area contributed by atoms with Gasteiger partial charge in [-0.2, -0.15) is 12.6 Å². The Morgan fingerprint density at radius 1 is 1.07 bits per heavy atom. The highest BCUT2D eigenvalue weighted by molar-refractivity contribution is 7.80. The average molecular weight is 407 g/mol. The van der Waals surface area contributed by atoms with Crippen molar-refractivity contribution >= 4 is 12.6 Å². The third-order valence-electron chi connectivity index (χ3n) is 8.41. The average Bonchev–Trinajstić information content (AvgIpc) is 3.15. The smallest absolute Gasteiger partial charge is 0.00434 e. The quantitative estimate of drug-likeness (QED) is 0.221. The molecule has 3 fully saturated rings. The van der Waals surface area contributed by atoms with Gasteiger partial charge in [0.15, 0.2) is 0 Å². The van der Waals surface area contributed by atoms with Crippen LogP contribution in [0.1, 0.15) is 106 Å². The molecule has 164 valence electrons. The highest BCUT2D eigenvalue weighted by atomic mass is 32.1. The molecule has 0 N–H and O–H groups in total. The molecule has 0 heterocycles. The molecule has 0 aromatic rings. The van der Waals surface area contributed by atoms with E-state index in [2.05, 4.69) is 46.9 Å². The molecule has 7 atom stereocenters. The second kappa shape index (κ2) is 10.9. The number of unbranched alkanes of at least 4 members (excludes halogenated alkanes) is 1. The van der Waals surface area contributed by atoms with Crippen LogP contribution >= 0.6 is 12.6 Å². The van der Waals surface area contributed by atoms with Crippen molar-refractivity contribution in [1.82, 2.24) is 0 Å². The molecule has 7 unspecified atom stereocenters. The molecule has 0 saturated heterocycles. The molecule has 0 radical (unpaired) electrons. The highest BCUT2D eigenvalue weighted by Crippen LogP contribution is 2.62. The van der Waals surface area contributed by atoms with Crippen LogP contribution in [-0.4, -0.2) is 5.75 Å². The van der Waals surface area contributed by atoms with E-state index in [0.717, 1.165) is 53.6 Å². The predicted molar refractivity (Wildman–Crippen MR) is 130 cm³/mol. The number of hydrogen-bond donors (Lipinski definition) is 1. The monoisotopic (exact) mass is 406 g/mol. The minimum Gasteiger partial charge on any atom is -0.179 e. The SMILES string of the molecule is C=C(CCCCC(C)C1CC(C)C2C3CCCC(C3)C12)CC(C)(C)CS.CC. The normalized spacial score (nSPS) is 35.1. The van der Waals surface area contributed by atoms with Crippen molar-refractivity contribution in [3.63, 3.8) is 0 Å². The molecule has 0 nitrogen and oxygen atoms in total. The first-order valence-corrected chi connectivity index (χ1v) is 13.2. The maximum atomic E-state index is 4.48. The predicted octanol–water partition coefficient (Wildman–Crippen LogP) is 8.82. The summed E-state index contributed by atoms with van der Waals surface area (Å²) in [5.41, 5.74) is 1.75. The Kier molecular flexibility index (Phi) is 9.50. The number of hydrogen-bond acceptors (Lipinski definition) is 1. The van der Waals surface area contributed by atoms with Gasteiger partial charge in [0.05, 0.1) is 0 Å². The fourth-order valence-corrected chi connectivity index (χ4v) is 7.42. The third-order valence-corrected chi connectivity index (χ3v) is 9.27. The Balaban J connectivity index is 0.00000136. The van der Waals surface area contributed by atoms with Crippen molar-refractivity contribution < 1.29 is 0 Å². The van der Waals surface area contributed by atoms with Crippen LogP contribution in [0.5, 0.6) is 0 Å². The summed E-state index contributed by atoms with van der Waals surface area (Å²) in [4.78, 5) is 0. The summed E-state index contributed by atoms with van der Waals surface area (Å²) in [5, 5.41) is 0. The van der Waals surface area contributed by atoms with Gasteiger partial charge in [-0.1, -0.05) is 85.8 Å². The summed E-state index contributed by atoms with van der Waals surface area (Å²) in [6.45, 7) is 18.1. The Labute approximate surface area is 183 Å². The summed E-state index contributed by atoms with van der Waals surface area (Å²) in [6.07, 6.45) is 14.3. The van der Waals surface area contributed by atoms with Crippen LogP contribution in [0.15, 0.2) is 12.2 Å². The van der Waals surface area contributed by atoms with Crippen LogP contribution < -0.4 is 0 Å². The fraction of sp³-hybridized carbons (Fsp3) is 0.926. The molecular weight excluding hydrogens is 356 g/mol. The van der Waals surface area contributed by atoms with E-state index in [1.54, 1.807) is 19.3 Å². The first-order chi connectivity index (χ1) is 13.3. The minimum absolute atomic E-state index is 0.308. The van der Waals surface area contributed by atoms with Crippen molar-refractivity contribution in [2.45, 2.75) is 106 Å². The van der Waals surface area contributed by atoms with Gasteiger partial charge < -0.3 is 0 Å². The van der Waals surface area contributed by atoms with Gasteiger partial charge in [0, 0.05) is 0 Å². The molecule has 0 amide bonds. The molecule has 3 rings (SSSR count). The number of rotatable bonds is 9. The van der Waals surface area contributed by atoms with Crippen LogP contribution in [-0.2, 0) is 0 Å². The lowest BCUT2D eigenvalue weighted by molar-refractivity contribution is 0.191. The molecule has 3 aliphatic carbocycles. The van der Waals surface area contributed by atoms with E-state index in [9.17, 15) is 0 Å². The van der Waals surface area contributed by atoms with Crippen molar-refractivity contribution in [1.29, 1.82) is 0 Å². The topological polar surface area (TPSA) is 0 Å². The molecule has 28 heavy (non-hydrogen) atoms. The van der Waals surface area contributed by atoms with E-state index < -0.39 is 0 Å². The maximum Gasteiger partial charge on any atom is -0.00434 e. The first-order valence-electron chi connectivity index (χ1n) is 12.6. The van der Waals surface area contributed by atoms with Gasteiger partial charge in [0.1, 0.15) is 0 Å². The Morgan fingerprint density at radius 2 is 1.71 bits per heavy atom. The van der Waals surface area contributed by atoms with E-state index >= 15 is 0 Å². The van der Waals surface area contributed by atoms with Gasteiger partial charge in [0.25, 0.3) is 0 Å². The lowest BCUT2D eigenvalue weighted by Crippen LogP contribution is -2.23. The summed E-state index contributed by atoms with van der Waals surface area (Å²) in [5.74, 6) is 8.32. The molecular formula is C27H50S. The second-order valence-corrected chi connectivity index (χ2v) is 11.5. The van der Waals surface area contributed by atoms with Gasteiger partial charge in [-0.15, -0.1) is 0 Å². The summed E-state index contributed by atoms with van der Waals surface area (Å²) in [7, 11) is 0. The molecule has 2 bridgehead atoms. The molecule has 1 heteroatoms. The second-order valence-electron chi connectivity index (χ2n) is 11.2. The summed E-state index contributed by atoms with van der Waals surface area (Å²) in [6, 6.07) is 0. The maximum absolute atomic E-state index is 4.48. The van der Waals surface area contributed by atoms with Crippen LogP contribution in [0.25, 0.3) is 0 Å². The van der Waals surface area contributed by atoms with Crippen LogP contribution in [0.2, 0.25) is 0 Å². The fourth-order valence-electron chi connectivity index (χ4n) is 7.31. The molecule has 3 aliphatic rings. The standard InChI is InChI=1S/C25H44S.C2H6/c1-17(15-25(4,5)16-26)9-6-7-10-18(2)22-13-19(3)23-20-11-8-12-21(14-20)24(22)23;1-2/h18-24,26H,1,6-16H2,2-5H3;1-2H3. The van der Waals surface area contributed by atoms with Gasteiger partial charge in [0.2, 0.25) is 0 Å². The van der Waals surface area contributed by atoms with Crippen LogP contribution in [0.3, 0.4) is 0 Å². The zero-order chi connectivity index (χ0) is 20.9. The van der Waals surface area contributed by atoms with Crippen molar-refractivity contribution in [3.8, 4) is 0 Å². The summed E-state index contributed by atoms with van der Waals surface area (Å²) < 4.78 is 0. The van der Waals surface area contributed by atoms with Gasteiger partial charge >= 0.3 is 0 Å². The van der Waals surface area contributed by atoms with Gasteiger partial charge in [-0.3, -0.25) is 0 Å². The Hall–Kier alpha value is 0.0900. The van der Waals surface area contributed by atoms with E-state index in [1.165, 1.54) is 44.1 Å². The van der Waals surface area contributed by atoms with E-state index in [0.29, 0.717) is 5.41 Å². The zero-order valence-electron chi connectivity index (χ0n) is 20.0. The lowest BCUT2D eigenvalue weighted by Gasteiger charge is -2.30. The van der Waals surface area contributed by atoms with Crippen LogP contribution in [0.4, 0.5) is 0 Å². The van der Waals surface area contributed by atoms with Crippen molar-refractivity contribution in [2.24, 2.45) is 46.8 Å². The van der Waals surface area contributed by atoms with Crippen molar-refractivity contribution in [3.05, 3.63) is 12.2 Å². The Bertz CT molecular complexity index is 479. The van der Waals surface area contributed by atoms with E-state index in [-0.39, 0.29) is 0 Å². The van der Waals surface area contributed by atoms with Gasteiger partial charge in [-0.05, 0) is 84.7 Å². The molecule has 0 spiro atoms. The van der Waals surface area contributed by atoms with E-state index in [4.69, 9.17) is 0 Å². The summed E-state index contributed by atoms with van der Waals surface area (Å²) >= 11 is 4.48. The molecule has 0 aromatic heterocycles. The Morgan fingerprint density at radius 3 is 2.36 bits per heavy atom. The number of thiol groups is 1.